The van der Waals surface area contributed by atoms with Crippen molar-refractivity contribution in [2.24, 2.45) is 0 Å². The highest BCUT2D eigenvalue weighted by Crippen LogP contribution is 2.20. The minimum absolute atomic E-state index is 0.0468. The fourth-order valence-corrected chi connectivity index (χ4v) is 1.28. The van der Waals surface area contributed by atoms with Crippen molar-refractivity contribution in [1.29, 1.82) is 0 Å². The summed E-state index contributed by atoms with van der Waals surface area (Å²) in [5.41, 5.74) is 0.689. The zero-order valence-electron chi connectivity index (χ0n) is 11.3. The molecule has 0 aromatic carbocycles. The first-order chi connectivity index (χ1) is 8.66. The van der Waals surface area contributed by atoms with E-state index in [0.29, 0.717) is 12.3 Å². The normalized spacial score (nSPS) is 12.5. The Balaban J connectivity index is 2.48. The van der Waals surface area contributed by atoms with Gasteiger partial charge in [0, 0.05) is 24.3 Å². The number of ether oxygens (including phenoxy) is 1. The molecule has 0 radical (unpaired) electrons. The summed E-state index contributed by atoms with van der Waals surface area (Å²) in [4.78, 5) is 4.13. The van der Waals surface area contributed by atoms with Crippen LogP contribution in [0.15, 0.2) is 18.3 Å². The van der Waals surface area contributed by atoms with E-state index in [0.717, 1.165) is 5.69 Å². The summed E-state index contributed by atoms with van der Waals surface area (Å²) in [5.74, 6) is 0.407. The van der Waals surface area contributed by atoms with Crippen LogP contribution in [0.4, 0.5) is 13.2 Å². The van der Waals surface area contributed by atoms with E-state index in [-0.39, 0.29) is 12.1 Å². The molecule has 0 aliphatic heterocycles. The van der Waals surface area contributed by atoms with Crippen LogP contribution in [-0.2, 0) is 6.54 Å². The monoisotopic (exact) mass is 276 g/mol. The van der Waals surface area contributed by atoms with Crippen LogP contribution in [0, 0.1) is 0 Å². The maximum Gasteiger partial charge on any atom is 0.392 e. The number of hydrogen-bond acceptors (Lipinski definition) is 3. The van der Waals surface area contributed by atoms with Gasteiger partial charge in [0.25, 0.3) is 0 Å². The number of aromatic nitrogens is 1. The summed E-state index contributed by atoms with van der Waals surface area (Å²) in [5, 5.41) is 3.25. The number of rotatable bonds is 5. The Labute approximate surface area is 111 Å². The highest BCUT2D eigenvalue weighted by Gasteiger charge is 2.26. The Morgan fingerprint density at radius 3 is 2.53 bits per heavy atom. The van der Waals surface area contributed by atoms with Crippen LogP contribution in [0.2, 0.25) is 0 Å². The molecule has 6 heteroatoms. The molecule has 1 N–H and O–H groups in total. The van der Waals surface area contributed by atoms with Crippen LogP contribution in [0.1, 0.15) is 32.9 Å². The standard InChI is InChI=1S/C13H19F3N2O/c1-12(2,3)18-9-10-8-11(4-6-17-10)19-7-5-13(14,15)16/h4,6,8,18H,5,7,9H2,1-3H3. The molecule has 1 aromatic heterocycles. The highest BCUT2D eigenvalue weighted by atomic mass is 19.4. The third-order valence-electron chi connectivity index (χ3n) is 2.24. The van der Waals surface area contributed by atoms with Gasteiger partial charge in [0.05, 0.1) is 18.7 Å². The predicted molar refractivity (Wildman–Crippen MR) is 67.0 cm³/mol. The molecular weight excluding hydrogens is 257 g/mol. The van der Waals surface area contributed by atoms with Gasteiger partial charge in [-0.15, -0.1) is 0 Å². The highest BCUT2D eigenvalue weighted by molar-refractivity contribution is 5.22. The van der Waals surface area contributed by atoms with E-state index in [4.69, 9.17) is 4.74 Å². The van der Waals surface area contributed by atoms with Crippen LogP contribution in [0.5, 0.6) is 5.75 Å². The zero-order valence-corrected chi connectivity index (χ0v) is 11.3. The van der Waals surface area contributed by atoms with E-state index in [2.05, 4.69) is 10.3 Å². The molecule has 0 unspecified atom stereocenters. The number of nitrogens with one attached hydrogen (secondary N) is 1. The van der Waals surface area contributed by atoms with E-state index < -0.39 is 12.6 Å². The lowest BCUT2D eigenvalue weighted by Gasteiger charge is -2.20. The minimum atomic E-state index is -4.19. The molecule has 1 rings (SSSR count). The molecule has 19 heavy (non-hydrogen) atoms. The maximum absolute atomic E-state index is 12.0. The van der Waals surface area contributed by atoms with Crippen molar-refractivity contribution in [3.8, 4) is 5.75 Å². The zero-order chi connectivity index (χ0) is 14.5. The number of alkyl halides is 3. The van der Waals surface area contributed by atoms with Crippen molar-refractivity contribution in [1.82, 2.24) is 10.3 Å². The molecule has 1 heterocycles. The van der Waals surface area contributed by atoms with Gasteiger partial charge in [0.2, 0.25) is 0 Å². The van der Waals surface area contributed by atoms with Gasteiger partial charge in [-0.25, -0.2) is 0 Å². The number of halogens is 3. The quantitative estimate of drug-likeness (QED) is 0.896. The Morgan fingerprint density at radius 1 is 1.26 bits per heavy atom. The van der Waals surface area contributed by atoms with Crippen molar-refractivity contribution in [3.05, 3.63) is 24.0 Å². The van der Waals surface area contributed by atoms with Crippen LogP contribution in [0.3, 0.4) is 0 Å². The lowest BCUT2D eigenvalue weighted by molar-refractivity contribution is -0.139. The smallest absolute Gasteiger partial charge is 0.392 e. The molecule has 0 bridgehead atoms. The molecule has 0 aliphatic carbocycles. The van der Waals surface area contributed by atoms with Gasteiger partial charge in [0.15, 0.2) is 0 Å². The average molecular weight is 276 g/mol. The SMILES string of the molecule is CC(C)(C)NCc1cc(OCCC(F)(F)F)ccn1. The van der Waals surface area contributed by atoms with Gasteiger partial charge in [-0.3, -0.25) is 4.98 Å². The Morgan fingerprint density at radius 2 is 1.95 bits per heavy atom. The summed E-state index contributed by atoms with van der Waals surface area (Å²) in [6.45, 7) is 6.24. The molecule has 0 amide bonds. The van der Waals surface area contributed by atoms with E-state index >= 15 is 0 Å². The van der Waals surface area contributed by atoms with Gasteiger partial charge in [0.1, 0.15) is 5.75 Å². The van der Waals surface area contributed by atoms with E-state index in [9.17, 15) is 13.2 Å². The fraction of sp³-hybridized carbons (Fsp3) is 0.615. The van der Waals surface area contributed by atoms with Crippen LogP contribution < -0.4 is 10.1 Å². The van der Waals surface area contributed by atoms with Crippen LogP contribution in [-0.4, -0.2) is 23.3 Å². The molecule has 0 saturated heterocycles. The van der Waals surface area contributed by atoms with Crippen molar-refractivity contribution in [2.45, 2.75) is 45.5 Å². The molecule has 108 valence electrons. The van der Waals surface area contributed by atoms with Gasteiger partial charge < -0.3 is 10.1 Å². The van der Waals surface area contributed by atoms with Gasteiger partial charge >= 0.3 is 6.18 Å². The van der Waals surface area contributed by atoms with Gasteiger partial charge in [-0.2, -0.15) is 13.2 Å². The second-order valence-corrected chi connectivity index (χ2v) is 5.30. The van der Waals surface area contributed by atoms with Crippen LogP contribution in [0.25, 0.3) is 0 Å². The van der Waals surface area contributed by atoms with E-state index in [1.165, 1.54) is 6.20 Å². The molecule has 0 saturated carbocycles. The first-order valence-corrected chi connectivity index (χ1v) is 6.05. The molecular formula is C13H19F3N2O. The van der Waals surface area contributed by atoms with Crippen molar-refractivity contribution in [3.63, 3.8) is 0 Å². The fourth-order valence-electron chi connectivity index (χ4n) is 1.28. The summed E-state index contributed by atoms with van der Waals surface area (Å²) < 4.78 is 41.0. The molecule has 0 spiro atoms. The molecule has 3 nitrogen and oxygen atoms in total. The third-order valence-corrected chi connectivity index (χ3v) is 2.24. The number of pyridine rings is 1. The van der Waals surface area contributed by atoms with Crippen LogP contribution >= 0.6 is 0 Å². The van der Waals surface area contributed by atoms with E-state index in [1.807, 2.05) is 20.8 Å². The number of hydrogen-bond donors (Lipinski definition) is 1. The molecule has 0 fully saturated rings. The molecule has 0 aliphatic rings. The average Bonchev–Trinajstić information content (AvgIpc) is 2.24. The summed E-state index contributed by atoms with van der Waals surface area (Å²) in [6.07, 6.45) is -3.61. The molecule has 0 atom stereocenters. The largest absolute Gasteiger partial charge is 0.493 e. The molecule has 1 aromatic rings. The van der Waals surface area contributed by atoms with E-state index in [1.54, 1.807) is 12.1 Å². The summed E-state index contributed by atoms with van der Waals surface area (Å²) >= 11 is 0. The van der Waals surface area contributed by atoms with Crippen molar-refractivity contribution in [2.75, 3.05) is 6.61 Å². The Kier molecular flexibility index (Phi) is 5.17. The topological polar surface area (TPSA) is 34.1 Å². The first kappa shape index (κ1) is 15.8. The first-order valence-electron chi connectivity index (χ1n) is 6.05. The van der Waals surface area contributed by atoms with Crippen molar-refractivity contribution < 1.29 is 17.9 Å². The summed E-state index contributed by atoms with van der Waals surface area (Å²) in [7, 11) is 0. The lowest BCUT2D eigenvalue weighted by atomic mass is 10.1. The number of nitrogens with zero attached hydrogens (tertiary/aromatic N) is 1. The third kappa shape index (κ3) is 7.66. The Hall–Kier alpha value is -1.30. The second-order valence-electron chi connectivity index (χ2n) is 5.30. The Bertz CT molecular complexity index is 400. The van der Waals surface area contributed by atoms with Crippen molar-refractivity contribution >= 4 is 0 Å². The lowest BCUT2D eigenvalue weighted by Crippen LogP contribution is -2.35. The predicted octanol–water partition coefficient (Wildman–Crippen LogP) is 3.30. The maximum atomic E-state index is 12.0. The van der Waals surface area contributed by atoms with Gasteiger partial charge in [-0.05, 0) is 26.8 Å². The second kappa shape index (κ2) is 6.23. The van der Waals surface area contributed by atoms with Gasteiger partial charge in [-0.1, -0.05) is 0 Å². The summed E-state index contributed by atoms with van der Waals surface area (Å²) in [6, 6.07) is 3.20. The minimum Gasteiger partial charge on any atom is -0.493 e.